The molecule has 1 aromatic rings. The number of nitrogens with one attached hydrogen (secondary N) is 1. The van der Waals surface area contributed by atoms with Crippen LogP contribution in [0.1, 0.15) is 32.9 Å². The molecule has 3 heteroatoms. The number of aromatic nitrogens is 1. The van der Waals surface area contributed by atoms with Gasteiger partial charge in [-0.3, -0.25) is 4.79 Å². The van der Waals surface area contributed by atoms with E-state index in [0.29, 0.717) is 6.42 Å². The molecule has 2 rings (SSSR count). The van der Waals surface area contributed by atoms with Gasteiger partial charge in [0.1, 0.15) is 5.76 Å². The molecule has 0 spiro atoms. The fourth-order valence-corrected chi connectivity index (χ4v) is 1.68. The number of esters is 1. The topological polar surface area (TPSA) is 42.1 Å². The lowest BCUT2D eigenvalue weighted by atomic mass is 9.90. The van der Waals surface area contributed by atoms with Gasteiger partial charge in [-0.1, -0.05) is 0 Å². The number of cyclic esters (lactones) is 1. The minimum Gasteiger partial charge on any atom is -0.430 e. The first-order valence-corrected chi connectivity index (χ1v) is 5.06. The molecule has 0 saturated carbocycles. The summed E-state index contributed by atoms with van der Waals surface area (Å²) in [6, 6.07) is 3.91. The van der Waals surface area contributed by atoms with Gasteiger partial charge in [0.25, 0.3) is 0 Å². The van der Waals surface area contributed by atoms with E-state index in [0.717, 1.165) is 17.0 Å². The number of carbonyl (C=O) groups is 1. The van der Waals surface area contributed by atoms with Crippen LogP contribution in [0.2, 0.25) is 0 Å². The van der Waals surface area contributed by atoms with Crippen LogP contribution in [0, 0.1) is 5.41 Å². The molecule has 1 aromatic heterocycles. The second-order valence-corrected chi connectivity index (χ2v) is 4.58. The Balaban J connectivity index is 2.34. The summed E-state index contributed by atoms with van der Waals surface area (Å²) in [4.78, 5) is 14.6. The van der Waals surface area contributed by atoms with Crippen molar-refractivity contribution >= 4 is 11.5 Å². The molecule has 0 atom stereocenters. The summed E-state index contributed by atoms with van der Waals surface area (Å²) in [7, 11) is 0. The molecule has 1 aliphatic rings. The predicted octanol–water partition coefficient (Wildman–Crippen LogP) is 2.72. The van der Waals surface area contributed by atoms with Gasteiger partial charge >= 0.3 is 5.97 Å². The first-order chi connectivity index (χ1) is 7.00. The minimum absolute atomic E-state index is 0.136. The van der Waals surface area contributed by atoms with E-state index in [4.69, 9.17) is 4.74 Å². The van der Waals surface area contributed by atoms with E-state index in [1.54, 1.807) is 0 Å². The first kappa shape index (κ1) is 10.0. The van der Waals surface area contributed by atoms with E-state index in [2.05, 4.69) is 4.98 Å². The predicted molar refractivity (Wildman–Crippen MR) is 57.9 cm³/mol. The van der Waals surface area contributed by atoms with Gasteiger partial charge in [0.05, 0.1) is 5.41 Å². The zero-order valence-corrected chi connectivity index (χ0v) is 9.26. The van der Waals surface area contributed by atoms with Crippen molar-refractivity contribution in [2.45, 2.75) is 27.2 Å². The van der Waals surface area contributed by atoms with Crippen molar-refractivity contribution in [2.24, 2.45) is 5.41 Å². The Morgan fingerprint density at radius 1 is 1.53 bits per heavy atom. The van der Waals surface area contributed by atoms with E-state index < -0.39 is 0 Å². The zero-order chi connectivity index (χ0) is 11.1. The van der Waals surface area contributed by atoms with Crippen LogP contribution in [0.4, 0.5) is 0 Å². The van der Waals surface area contributed by atoms with Crippen molar-refractivity contribution in [2.75, 3.05) is 0 Å². The monoisotopic (exact) mass is 205 g/mol. The van der Waals surface area contributed by atoms with Gasteiger partial charge in [0, 0.05) is 23.9 Å². The lowest BCUT2D eigenvalue weighted by Gasteiger charge is -2.08. The Morgan fingerprint density at radius 3 is 2.73 bits per heavy atom. The fourth-order valence-electron chi connectivity index (χ4n) is 1.68. The molecule has 1 fully saturated rings. The minimum atomic E-state index is -0.386. The third kappa shape index (κ3) is 1.69. The molecule has 0 bridgehead atoms. The first-order valence-electron chi connectivity index (χ1n) is 5.06. The number of carbonyl (C=O) groups excluding carboxylic acids is 1. The largest absolute Gasteiger partial charge is 0.430 e. The van der Waals surface area contributed by atoms with Crippen molar-refractivity contribution in [3.8, 4) is 0 Å². The number of rotatable bonds is 1. The molecule has 2 heterocycles. The molecule has 1 aliphatic heterocycles. The van der Waals surface area contributed by atoms with Crippen LogP contribution < -0.4 is 0 Å². The van der Waals surface area contributed by atoms with E-state index in [1.165, 1.54) is 0 Å². The molecule has 0 aromatic carbocycles. The van der Waals surface area contributed by atoms with Gasteiger partial charge in [0.15, 0.2) is 0 Å². The summed E-state index contributed by atoms with van der Waals surface area (Å²) in [6.07, 6.45) is 2.54. The second-order valence-electron chi connectivity index (χ2n) is 4.58. The normalized spacial score (nSPS) is 22.7. The molecule has 0 aliphatic carbocycles. The lowest BCUT2D eigenvalue weighted by Crippen LogP contribution is -2.16. The molecule has 0 amide bonds. The summed E-state index contributed by atoms with van der Waals surface area (Å²) in [5.74, 6) is 0.649. The molecule has 0 unspecified atom stereocenters. The molecular formula is C12H15NO2. The SMILES string of the molecule is C/C(=C1/CC(C)(C)C(=O)O1)c1ccc[nH]1. The van der Waals surface area contributed by atoms with Gasteiger partial charge in [-0.05, 0) is 32.9 Å². The highest BCUT2D eigenvalue weighted by atomic mass is 16.5. The number of ether oxygens (including phenoxy) is 1. The van der Waals surface area contributed by atoms with E-state index in [-0.39, 0.29) is 11.4 Å². The molecular weight excluding hydrogens is 190 g/mol. The van der Waals surface area contributed by atoms with E-state index in [1.807, 2.05) is 39.1 Å². The number of hydrogen-bond acceptors (Lipinski definition) is 2. The Kier molecular flexibility index (Phi) is 2.18. The van der Waals surface area contributed by atoms with Crippen LogP contribution in [0.3, 0.4) is 0 Å². The molecule has 1 saturated heterocycles. The van der Waals surface area contributed by atoms with Crippen molar-refractivity contribution in [1.29, 1.82) is 0 Å². The average molecular weight is 205 g/mol. The number of allylic oxidation sites excluding steroid dienone is 2. The summed E-state index contributed by atoms with van der Waals surface area (Å²) in [5, 5.41) is 0. The molecule has 3 nitrogen and oxygen atoms in total. The van der Waals surface area contributed by atoms with Crippen LogP contribution in [0.5, 0.6) is 0 Å². The van der Waals surface area contributed by atoms with Crippen molar-refractivity contribution in [3.63, 3.8) is 0 Å². The molecule has 15 heavy (non-hydrogen) atoms. The number of H-pyrrole nitrogens is 1. The third-order valence-electron chi connectivity index (χ3n) is 2.79. The quantitative estimate of drug-likeness (QED) is 0.716. The standard InChI is InChI=1S/C12H15NO2/c1-8(9-5-4-6-13-9)10-7-12(2,3)11(14)15-10/h4-6,13H,7H2,1-3H3/b10-8+. The van der Waals surface area contributed by atoms with Crippen molar-refractivity contribution in [3.05, 3.63) is 29.8 Å². The third-order valence-corrected chi connectivity index (χ3v) is 2.79. The molecule has 1 N–H and O–H groups in total. The van der Waals surface area contributed by atoms with Crippen LogP contribution >= 0.6 is 0 Å². The van der Waals surface area contributed by atoms with Gasteiger partial charge in [-0.15, -0.1) is 0 Å². The van der Waals surface area contributed by atoms with E-state index in [9.17, 15) is 4.79 Å². The number of aromatic amines is 1. The zero-order valence-electron chi connectivity index (χ0n) is 9.26. The maximum atomic E-state index is 11.5. The van der Waals surface area contributed by atoms with Gasteiger partial charge in [-0.25, -0.2) is 0 Å². The van der Waals surface area contributed by atoms with Crippen LogP contribution in [-0.4, -0.2) is 11.0 Å². The van der Waals surface area contributed by atoms with Crippen LogP contribution in [0.15, 0.2) is 24.1 Å². The Bertz CT molecular complexity index is 413. The Labute approximate surface area is 89.1 Å². The van der Waals surface area contributed by atoms with Crippen molar-refractivity contribution in [1.82, 2.24) is 4.98 Å². The van der Waals surface area contributed by atoms with Gasteiger partial charge in [0.2, 0.25) is 0 Å². The summed E-state index contributed by atoms with van der Waals surface area (Å²) >= 11 is 0. The summed E-state index contributed by atoms with van der Waals surface area (Å²) in [5.41, 5.74) is 1.64. The Hall–Kier alpha value is -1.51. The van der Waals surface area contributed by atoms with Crippen LogP contribution in [0.25, 0.3) is 5.57 Å². The smallest absolute Gasteiger partial charge is 0.317 e. The van der Waals surface area contributed by atoms with Crippen molar-refractivity contribution < 1.29 is 9.53 Å². The maximum Gasteiger partial charge on any atom is 0.317 e. The van der Waals surface area contributed by atoms with Gasteiger partial charge in [-0.2, -0.15) is 0 Å². The maximum absolute atomic E-state index is 11.5. The lowest BCUT2D eigenvalue weighted by molar-refractivity contribution is -0.142. The highest BCUT2D eigenvalue weighted by Crippen LogP contribution is 2.38. The average Bonchev–Trinajstić information content (AvgIpc) is 2.74. The second kappa shape index (κ2) is 3.26. The summed E-state index contributed by atoms with van der Waals surface area (Å²) < 4.78 is 5.28. The van der Waals surface area contributed by atoms with Gasteiger partial charge < -0.3 is 9.72 Å². The molecule has 0 radical (unpaired) electrons. The highest BCUT2D eigenvalue weighted by molar-refractivity contribution is 5.82. The summed E-state index contributed by atoms with van der Waals surface area (Å²) in [6.45, 7) is 5.78. The fraction of sp³-hybridized carbons (Fsp3) is 0.417. The Morgan fingerprint density at radius 2 is 2.27 bits per heavy atom. The van der Waals surface area contributed by atoms with E-state index >= 15 is 0 Å². The molecule has 80 valence electrons. The van der Waals surface area contributed by atoms with Crippen LogP contribution in [-0.2, 0) is 9.53 Å². The highest BCUT2D eigenvalue weighted by Gasteiger charge is 2.39. The number of hydrogen-bond donors (Lipinski definition) is 1.